The number of nitrogens with zero attached hydrogens (tertiary/aromatic N) is 1. The van der Waals surface area contributed by atoms with Crippen LogP contribution < -0.4 is 5.32 Å². The lowest BCUT2D eigenvalue weighted by Crippen LogP contribution is -2.45. The van der Waals surface area contributed by atoms with E-state index in [1.54, 1.807) is 6.92 Å². The molecular formula is C18H26F2N2O. The first kappa shape index (κ1) is 17.9. The smallest absolute Gasteiger partial charge is 0.236 e. The number of nitrogens with one attached hydrogen (secondary N) is 1. The molecule has 1 aliphatic carbocycles. The molecule has 128 valence electrons. The van der Waals surface area contributed by atoms with E-state index < -0.39 is 11.6 Å². The van der Waals surface area contributed by atoms with Crippen molar-refractivity contribution in [3.05, 3.63) is 35.4 Å². The van der Waals surface area contributed by atoms with Gasteiger partial charge >= 0.3 is 0 Å². The summed E-state index contributed by atoms with van der Waals surface area (Å²) < 4.78 is 26.7. The molecular weight excluding hydrogens is 298 g/mol. The van der Waals surface area contributed by atoms with E-state index in [4.69, 9.17) is 0 Å². The number of amides is 1. The average Bonchev–Trinajstić information content (AvgIpc) is 2.54. The third kappa shape index (κ3) is 4.74. The molecule has 1 aromatic carbocycles. The topological polar surface area (TPSA) is 32.3 Å². The third-order valence-electron chi connectivity index (χ3n) is 4.66. The predicted octanol–water partition coefficient (Wildman–Crippen LogP) is 3.80. The van der Waals surface area contributed by atoms with Gasteiger partial charge in [0.2, 0.25) is 5.91 Å². The predicted molar refractivity (Wildman–Crippen MR) is 87.0 cm³/mol. The number of hydrogen-bond donors (Lipinski definition) is 1. The van der Waals surface area contributed by atoms with Gasteiger partial charge in [0.25, 0.3) is 0 Å². The van der Waals surface area contributed by atoms with Crippen LogP contribution in [0, 0.1) is 11.6 Å². The molecule has 0 saturated heterocycles. The molecule has 0 radical (unpaired) electrons. The molecule has 0 aromatic heterocycles. The van der Waals surface area contributed by atoms with Crippen LogP contribution in [0.2, 0.25) is 0 Å². The molecule has 1 amide bonds. The highest BCUT2D eigenvalue weighted by Gasteiger charge is 2.24. The van der Waals surface area contributed by atoms with E-state index in [1.165, 1.54) is 31.4 Å². The molecule has 1 N–H and O–H groups in total. The first-order valence-corrected chi connectivity index (χ1v) is 8.50. The molecule has 1 saturated carbocycles. The molecule has 1 fully saturated rings. The van der Waals surface area contributed by atoms with Crippen molar-refractivity contribution in [1.82, 2.24) is 10.2 Å². The van der Waals surface area contributed by atoms with Gasteiger partial charge in [-0.1, -0.05) is 25.3 Å². The van der Waals surface area contributed by atoms with Crippen LogP contribution in [0.1, 0.15) is 57.6 Å². The number of carbonyl (C=O) groups excluding carboxylic acids is 1. The fraction of sp³-hybridized carbons (Fsp3) is 0.611. The maximum Gasteiger partial charge on any atom is 0.236 e. The van der Waals surface area contributed by atoms with Crippen molar-refractivity contribution in [2.45, 2.75) is 58.0 Å². The Hall–Kier alpha value is -1.49. The zero-order valence-corrected chi connectivity index (χ0v) is 13.9. The molecule has 5 heteroatoms. The molecule has 1 aliphatic rings. The van der Waals surface area contributed by atoms with Crippen LogP contribution in [0.5, 0.6) is 0 Å². The standard InChI is InChI=1S/C18H26F2N2O/c1-3-22(15-7-5-4-6-8-15)18(23)12-21-13(2)16-10-9-14(19)11-17(16)20/h9-11,13,15,21H,3-8,12H2,1-2H3. The average molecular weight is 324 g/mol. The number of halogens is 2. The molecule has 0 heterocycles. The zero-order valence-electron chi connectivity index (χ0n) is 13.9. The fourth-order valence-electron chi connectivity index (χ4n) is 3.34. The van der Waals surface area contributed by atoms with E-state index in [1.807, 2.05) is 11.8 Å². The number of likely N-dealkylation sites (N-methyl/N-ethyl adjacent to an activating group) is 1. The lowest BCUT2D eigenvalue weighted by atomic mass is 9.94. The number of benzene rings is 1. The molecule has 23 heavy (non-hydrogen) atoms. The first-order chi connectivity index (χ1) is 11.0. The second-order valence-corrected chi connectivity index (χ2v) is 6.24. The Kier molecular flexibility index (Phi) is 6.51. The van der Waals surface area contributed by atoms with Crippen molar-refractivity contribution in [1.29, 1.82) is 0 Å². The minimum Gasteiger partial charge on any atom is -0.339 e. The van der Waals surface area contributed by atoms with E-state index in [2.05, 4.69) is 5.32 Å². The van der Waals surface area contributed by atoms with Crippen LogP contribution in [0.3, 0.4) is 0 Å². The first-order valence-electron chi connectivity index (χ1n) is 8.50. The number of rotatable bonds is 6. The van der Waals surface area contributed by atoms with Gasteiger partial charge in [0.05, 0.1) is 6.54 Å². The Balaban J connectivity index is 1.91. The summed E-state index contributed by atoms with van der Waals surface area (Å²) in [6.45, 7) is 4.64. The highest BCUT2D eigenvalue weighted by atomic mass is 19.1. The summed E-state index contributed by atoms with van der Waals surface area (Å²) in [7, 11) is 0. The molecule has 1 aromatic rings. The van der Waals surface area contributed by atoms with Gasteiger partial charge in [-0.3, -0.25) is 4.79 Å². The largest absolute Gasteiger partial charge is 0.339 e. The summed E-state index contributed by atoms with van der Waals surface area (Å²) >= 11 is 0. The summed E-state index contributed by atoms with van der Waals surface area (Å²) in [6, 6.07) is 3.52. The Morgan fingerprint density at radius 3 is 2.61 bits per heavy atom. The SMILES string of the molecule is CCN(C(=O)CNC(C)c1ccc(F)cc1F)C1CCCCC1. The Morgan fingerprint density at radius 1 is 1.30 bits per heavy atom. The normalized spacial score (nSPS) is 17.0. The van der Waals surface area contributed by atoms with Crippen molar-refractivity contribution in [2.24, 2.45) is 0 Å². The zero-order chi connectivity index (χ0) is 16.8. The van der Waals surface area contributed by atoms with Crippen molar-refractivity contribution in [3.63, 3.8) is 0 Å². The molecule has 0 aliphatic heterocycles. The van der Waals surface area contributed by atoms with Crippen molar-refractivity contribution < 1.29 is 13.6 Å². The van der Waals surface area contributed by atoms with E-state index >= 15 is 0 Å². The van der Waals surface area contributed by atoms with E-state index in [-0.39, 0.29) is 18.5 Å². The van der Waals surface area contributed by atoms with Gasteiger partial charge < -0.3 is 10.2 Å². The molecule has 0 bridgehead atoms. The Morgan fingerprint density at radius 2 is 2.00 bits per heavy atom. The summed E-state index contributed by atoms with van der Waals surface area (Å²) in [5.41, 5.74) is 0.375. The lowest BCUT2D eigenvalue weighted by molar-refractivity contribution is -0.133. The summed E-state index contributed by atoms with van der Waals surface area (Å²) in [5.74, 6) is -1.13. The van der Waals surface area contributed by atoms with Crippen LogP contribution in [-0.4, -0.2) is 29.9 Å². The van der Waals surface area contributed by atoms with Crippen LogP contribution in [0.4, 0.5) is 8.78 Å². The van der Waals surface area contributed by atoms with Gasteiger partial charge in [-0.2, -0.15) is 0 Å². The van der Waals surface area contributed by atoms with Gasteiger partial charge in [0, 0.05) is 30.3 Å². The molecule has 2 rings (SSSR count). The minimum absolute atomic E-state index is 0.0498. The third-order valence-corrected chi connectivity index (χ3v) is 4.66. The maximum atomic E-state index is 13.8. The highest BCUT2D eigenvalue weighted by molar-refractivity contribution is 5.78. The van der Waals surface area contributed by atoms with Crippen molar-refractivity contribution >= 4 is 5.91 Å². The van der Waals surface area contributed by atoms with Crippen LogP contribution in [0.25, 0.3) is 0 Å². The minimum atomic E-state index is -0.594. The highest BCUT2D eigenvalue weighted by Crippen LogP contribution is 2.23. The van der Waals surface area contributed by atoms with Crippen LogP contribution in [-0.2, 0) is 4.79 Å². The lowest BCUT2D eigenvalue weighted by Gasteiger charge is -2.34. The van der Waals surface area contributed by atoms with Crippen molar-refractivity contribution in [3.8, 4) is 0 Å². The van der Waals surface area contributed by atoms with E-state index in [0.717, 1.165) is 18.9 Å². The van der Waals surface area contributed by atoms with Crippen LogP contribution in [0.15, 0.2) is 18.2 Å². The van der Waals surface area contributed by atoms with Gasteiger partial charge in [-0.15, -0.1) is 0 Å². The van der Waals surface area contributed by atoms with Crippen molar-refractivity contribution in [2.75, 3.05) is 13.1 Å². The summed E-state index contributed by atoms with van der Waals surface area (Å²) in [4.78, 5) is 14.4. The Bertz CT molecular complexity index is 530. The molecule has 1 unspecified atom stereocenters. The van der Waals surface area contributed by atoms with Gasteiger partial charge in [-0.05, 0) is 32.8 Å². The Labute approximate surface area is 137 Å². The van der Waals surface area contributed by atoms with Crippen LogP contribution >= 0.6 is 0 Å². The van der Waals surface area contributed by atoms with E-state index in [0.29, 0.717) is 18.2 Å². The van der Waals surface area contributed by atoms with Gasteiger partial charge in [0.1, 0.15) is 11.6 Å². The summed E-state index contributed by atoms with van der Waals surface area (Å²) in [5, 5.41) is 3.06. The summed E-state index contributed by atoms with van der Waals surface area (Å²) in [6.07, 6.45) is 5.75. The molecule has 3 nitrogen and oxygen atoms in total. The monoisotopic (exact) mass is 324 g/mol. The fourth-order valence-corrected chi connectivity index (χ4v) is 3.34. The van der Waals surface area contributed by atoms with Gasteiger partial charge in [0.15, 0.2) is 0 Å². The molecule has 0 spiro atoms. The molecule has 1 atom stereocenters. The maximum absolute atomic E-state index is 13.8. The number of hydrogen-bond acceptors (Lipinski definition) is 2. The van der Waals surface area contributed by atoms with Gasteiger partial charge in [-0.25, -0.2) is 8.78 Å². The number of carbonyl (C=O) groups is 1. The quantitative estimate of drug-likeness (QED) is 0.863. The van der Waals surface area contributed by atoms with E-state index in [9.17, 15) is 13.6 Å². The second-order valence-electron chi connectivity index (χ2n) is 6.24. The second kappa shape index (κ2) is 8.39.